The molecule has 0 N–H and O–H groups in total. The van der Waals surface area contributed by atoms with Crippen molar-refractivity contribution < 1.29 is 14.3 Å². The van der Waals surface area contributed by atoms with Crippen molar-refractivity contribution in [1.82, 2.24) is 0 Å². The SMILES string of the molecule is C[C@]12CCC(=O)C[C@@H]1CC[C@@H]1[C@@H]2CC[C@@]2(C)[C@H](OC=O)CC[C@@H]12. The van der Waals surface area contributed by atoms with E-state index < -0.39 is 0 Å². The van der Waals surface area contributed by atoms with Gasteiger partial charge in [0.2, 0.25) is 0 Å². The number of rotatable bonds is 2. The summed E-state index contributed by atoms with van der Waals surface area (Å²) in [6, 6.07) is 0. The maximum Gasteiger partial charge on any atom is 0.293 e. The van der Waals surface area contributed by atoms with Crippen molar-refractivity contribution in [2.75, 3.05) is 0 Å². The molecular formula is C20H30O3. The molecule has 0 heterocycles. The van der Waals surface area contributed by atoms with Crippen LogP contribution in [0.4, 0.5) is 0 Å². The van der Waals surface area contributed by atoms with E-state index in [0.717, 1.165) is 37.5 Å². The largest absolute Gasteiger partial charge is 0.464 e. The van der Waals surface area contributed by atoms with Crippen molar-refractivity contribution in [3.8, 4) is 0 Å². The number of carbonyl (C=O) groups excluding carboxylic acids is 2. The molecule has 3 nitrogen and oxygen atoms in total. The number of carbonyl (C=O) groups is 2. The van der Waals surface area contributed by atoms with Gasteiger partial charge >= 0.3 is 0 Å². The number of fused-ring (bicyclic) bond motifs is 5. The Hall–Kier alpha value is -0.860. The molecule has 0 unspecified atom stereocenters. The summed E-state index contributed by atoms with van der Waals surface area (Å²) >= 11 is 0. The molecule has 0 bridgehead atoms. The van der Waals surface area contributed by atoms with Crippen molar-refractivity contribution in [3.63, 3.8) is 0 Å². The van der Waals surface area contributed by atoms with E-state index in [1.807, 2.05) is 0 Å². The van der Waals surface area contributed by atoms with E-state index >= 15 is 0 Å². The third-order valence-corrected chi connectivity index (χ3v) is 8.61. The molecule has 0 saturated heterocycles. The average molecular weight is 318 g/mol. The van der Waals surface area contributed by atoms with Crippen molar-refractivity contribution >= 4 is 12.3 Å². The van der Waals surface area contributed by atoms with Gasteiger partial charge in [-0.05, 0) is 74.0 Å². The zero-order chi connectivity index (χ0) is 16.2. The summed E-state index contributed by atoms with van der Waals surface area (Å²) < 4.78 is 5.48. The lowest BCUT2D eigenvalue weighted by atomic mass is 9.45. The predicted octanol–water partition coefficient (Wildman–Crippen LogP) is 4.14. The Morgan fingerprint density at radius 2 is 1.78 bits per heavy atom. The smallest absolute Gasteiger partial charge is 0.293 e. The van der Waals surface area contributed by atoms with Crippen LogP contribution in [0, 0.1) is 34.5 Å². The second-order valence-electron chi connectivity index (χ2n) is 9.24. The zero-order valence-electron chi connectivity index (χ0n) is 14.6. The topological polar surface area (TPSA) is 43.4 Å². The van der Waals surface area contributed by atoms with Crippen LogP contribution in [-0.4, -0.2) is 18.4 Å². The van der Waals surface area contributed by atoms with Crippen LogP contribution < -0.4 is 0 Å². The quantitative estimate of drug-likeness (QED) is 0.719. The van der Waals surface area contributed by atoms with E-state index in [1.54, 1.807) is 0 Å². The maximum absolute atomic E-state index is 11.9. The van der Waals surface area contributed by atoms with Crippen LogP contribution >= 0.6 is 0 Å². The molecule has 0 spiro atoms. The molecule has 0 aromatic carbocycles. The van der Waals surface area contributed by atoms with E-state index in [0.29, 0.717) is 29.5 Å². The fourth-order valence-electron chi connectivity index (χ4n) is 7.29. The first-order valence-corrected chi connectivity index (χ1v) is 9.60. The highest BCUT2D eigenvalue weighted by molar-refractivity contribution is 5.79. The molecule has 4 aliphatic carbocycles. The lowest BCUT2D eigenvalue weighted by molar-refractivity contribution is -0.153. The van der Waals surface area contributed by atoms with E-state index in [2.05, 4.69) is 13.8 Å². The van der Waals surface area contributed by atoms with Crippen LogP contribution in [0.2, 0.25) is 0 Å². The van der Waals surface area contributed by atoms with E-state index in [4.69, 9.17) is 4.74 Å². The van der Waals surface area contributed by atoms with Crippen LogP contribution in [0.3, 0.4) is 0 Å². The molecule has 7 atom stereocenters. The zero-order valence-corrected chi connectivity index (χ0v) is 14.6. The highest BCUT2D eigenvalue weighted by atomic mass is 16.5. The third-order valence-electron chi connectivity index (χ3n) is 8.61. The van der Waals surface area contributed by atoms with Crippen molar-refractivity contribution in [2.24, 2.45) is 34.5 Å². The molecule has 3 heteroatoms. The molecule has 0 aliphatic heterocycles. The first-order valence-electron chi connectivity index (χ1n) is 9.60. The number of ether oxygens (including phenoxy) is 1. The lowest BCUT2D eigenvalue weighted by Gasteiger charge is -2.60. The Bertz CT molecular complexity index is 515. The number of Topliss-reactive ketones (excluding diaryl/α,β-unsaturated/α-hetero) is 1. The fourth-order valence-corrected chi connectivity index (χ4v) is 7.29. The molecular weight excluding hydrogens is 288 g/mol. The van der Waals surface area contributed by atoms with Gasteiger partial charge in [0.05, 0.1) is 0 Å². The Morgan fingerprint density at radius 3 is 2.57 bits per heavy atom. The molecule has 128 valence electrons. The molecule has 4 fully saturated rings. The average Bonchev–Trinajstić information content (AvgIpc) is 2.85. The first-order chi connectivity index (χ1) is 11.0. The summed E-state index contributed by atoms with van der Waals surface area (Å²) in [7, 11) is 0. The Labute approximate surface area is 139 Å². The van der Waals surface area contributed by atoms with Crippen LogP contribution in [0.5, 0.6) is 0 Å². The highest BCUT2D eigenvalue weighted by Crippen LogP contribution is 2.66. The summed E-state index contributed by atoms with van der Waals surface area (Å²) in [4.78, 5) is 22.8. The van der Waals surface area contributed by atoms with Crippen molar-refractivity contribution in [2.45, 2.75) is 77.7 Å². The molecule has 23 heavy (non-hydrogen) atoms. The summed E-state index contributed by atoms with van der Waals surface area (Å²) in [5.41, 5.74) is 0.567. The predicted molar refractivity (Wildman–Crippen MR) is 87.7 cm³/mol. The summed E-state index contributed by atoms with van der Waals surface area (Å²) in [6.45, 7) is 5.52. The Balaban J connectivity index is 1.60. The van der Waals surface area contributed by atoms with Gasteiger partial charge in [-0.25, -0.2) is 0 Å². The van der Waals surface area contributed by atoms with Gasteiger partial charge in [0.15, 0.2) is 0 Å². The number of ketones is 1. The van der Waals surface area contributed by atoms with Crippen LogP contribution in [-0.2, 0) is 14.3 Å². The number of hydrogen-bond donors (Lipinski definition) is 0. The standard InChI is InChI=1S/C20H30O3/c1-19-9-7-14(22)11-13(19)3-4-15-16-5-6-18(23-12-21)20(16,2)10-8-17(15)19/h12-13,15-18H,3-11H2,1-2H3/t13-,15-,16-,17-,18+,19-,20+/m0/s1. The van der Waals surface area contributed by atoms with Gasteiger partial charge in [0, 0.05) is 18.3 Å². The molecule has 4 saturated carbocycles. The third kappa shape index (κ3) is 2.14. The fraction of sp³-hybridized carbons (Fsp3) is 0.900. The summed E-state index contributed by atoms with van der Waals surface area (Å²) in [6.07, 6.45) is 10.1. The van der Waals surface area contributed by atoms with Crippen molar-refractivity contribution in [1.29, 1.82) is 0 Å². The molecule has 0 radical (unpaired) electrons. The van der Waals surface area contributed by atoms with Crippen LogP contribution in [0.25, 0.3) is 0 Å². The summed E-state index contributed by atoms with van der Waals surface area (Å²) in [5.74, 6) is 3.39. The second kappa shape index (κ2) is 5.32. The van der Waals surface area contributed by atoms with Gasteiger partial charge in [-0.2, -0.15) is 0 Å². The Kier molecular flexibility index (Phi) is 3.62. The monoisotopic (exact) mass is 318 g/mol. The van der Waals surface area contributed by atoms with E-state index in [9.17, 15) is 9.59 Å². The minimum absolute atomic E-state index is 0.129. The normalized spacial score (nSPS) is 52.3. The number of hydrogen-bond acceptors (Lipinski definition) is 3. The first kappa shape index (κ1) is 15.7. The minimum Gasteiger partial charge on any atom is -0.464 e. The van der Waals surface area contributed by atoms with Gasteiger partial charge < -0.3 is 4.74 Å². The lowest BCUT2D eigenvalue weighted by Crippen LogP contribution is -2.54. The van der Waals surface area contributed by atoms with Crippen LogP contribution in [0.1, 0.15) is 71.6 Å². The minimum atomic E-state index is 0.129. The van der Waals surface area contributed by atoms with Gasteiger partial charge in [-0.3, -0.25) is 9.59 Å². The van der Waals surface area contributed by atoms with Gasteiger partial charge in [-0.15, -0.1) is 0 Å². The molecule has 0 aromatic heterocycles. The molecule has 0 amide bonds. The van der Waals surface area contributed by atoms with Gasteiger partial charge in [-0.1, -0.05) is 13.8 Å². The van der Waals surface area contributed by atoms with Gasteiger partial charge in [0.25, 0.3) is 6.47 Å². The summed E-state index contributed by atoms with van der Waals surface area (Å²) in [5, 5.41) is 0. The van der Waals surface area contributed by atoms with E-state index in [-0.39, 0.29) is 11.5 Å². The Morgan fingerprint density at radius 1 is 1.00 bits per heavy atom. The highest BCUT2D eigenvalue weighted by Gasteiger charge is 2.60. The molecule has 0 aromatic rings. The van der Waals surface area contributed by atoms with Crippen molar-refractivity contribution in [3.05, 3.63) is 0 Å². The van der Waals surface area contributed by atoms with E-state index in [1.165, 1.54) is 32.1 Å². The second-order valence-corrected chi connectivity index (χ2v) is 9.24. The maximum atomic E-state index is 11.9. The van der Waals surface area contributed by atoms with Crippen LogP contribution in [0.15, 0.2) is 0 Å². The molecule has 4 aliphatic rings. The molecule has 4 rings (SSSR count). The van der Waals surface area contributed by atoms with Gasteiger partial charge in [0.1, 0.15) is 11.9 Å².